The van der Waals surface area contributed by atoms with Crippen molar-refractivity contribution in [2.45, 2.75) is 76.3 Å². The number of hydrogen-bond donors (Lipinski definition) is 2. The molecule has 0 radical (unpaired) electrons. The maximum atomic E-state index is 12.8. The van der Waals surface area contributed by atoms with Crippen LogP contribution in [-0.2, 0) is 14.8 Å². The van der Waals surface area contributed by atoms with Gasteiger partial charge in [0, 0.05) is 19.1 Å². The molecule has 168 valence electrons. The summed E-state index contributed by atoms with van der Waals surface area (Å²) in [4.78, 5) is 15.3. The van der Waals surface area contributed by atoms with E-state index in [0.29, 0.717) is 17.5 Å². The molecule has 0 spiro atoms. The highest BCUT2D eigenvalue weighted by atomic mass is 32.2. The van der Waals surface area contributed by atoms with Crippen LogP contribution in [0, 0.1) is 18.8 Å². The van der Waals surface area contributed by atoms with Crippen molar-refractivity contribution in [1.82, 2.24) is 14.9 Å². The smallest absolute Gasteiger partial charge is 0.240 e. The normalized spacial score (nSPS) is 26.8. The van der Waals surface area contributed by atoms with Crippen molar-refractivity contribution >= 4 is 15.9 Å². The van der Waals surface area contributed by atoms with E-state index in [1.54, 1.807) is 12.1 Å². The molecular weight excluding hydrogens is 398 g/mol. The van der Waals surface area contributed by atoms with Crippen LogP contribution in [0.1, 0.15) is 57.9 Å². The number of piperidine rings is 1. The molecule has 2 fully saturated rings. The van der Waals surface area contributed by atoms with E-state index in [4.69, 9.17) is 0 Å². The molecule has 7 heteroatoms. The molecule has 1 aliphatic heterocycles. The number of nitrogens with one attached hydrogen (secondary N) is 2. The summed E-state index contributed by atoms with van der Waals surface area (Å²) in [6.07, 6.45) is 6.47. The minimum atomic E-state index is -3.50. The van der Waals surface area contributed by atoms with E-state index in [1.165, 1.54) is 12.8 Å². The maximum Gasteiger partial charge on any atom is 0.240 e. The van der Waals surface area contributed by atoms with Crippen LogP contribution in [0.2, 0.25) is 0 Å². The minimum absolute atomic E-state index is 0.107. The second-order valence-electron chi connectivity index (χ2n) is 9.31. The number of amides is 1. The summed E-state index contributed by atoms with van der Waals surface area (Å²) in [6, 6.07) is 7.03. The first kappa shape index (κ1) is 23.2. The van der Waals surface area contributed by atoms with Crippen molar-refractivity contribution in [3.63, 3.8) is 0 Å². The van der Waals surface area contributed by atoms with E-state index in [0.717, 1.165) is 50.3 Å². The molecule has 0 bridgehead atoms. The fourth-order valence-corrected chi connectivity index (χ4v) is 5.65. The number of carbonyl (C=O) groups is 1. The van der Waals surface area contributed by atoms with Gasteiger partial charge in [-0.25, -0.2) is 13.1 Å². The van der Waals surface area contributed by atoms with Crippen LogP contribution in [0.5, 0.6) is 0 Å². The van der Waals surface area contributed by atoms with Crippen LogP contribution >= 0.6 is 0 Å². The molecule has 1 heterocycles. The van der Waals surface area contributed by atoms with E-state index in [1.807, 2.05) is 26.0 Å². The van der Waals surface area contributed by atoms with Gasteiger partial charge in [-0.1, -0.05) is 24.6 Å². The molecule has 1 saturated heterocycles. The number of benzene rings is 1. The van der Waals surface area contributed by atoms with E-state index >= 15 is 0 Å². The Balaban J connectivity index is 1.49. The van der Waals surface area contributed by atoms with Crippen molar-refractivity contribution < 1.29 is 13.2 Å². The summed E-state index contributed by atoms with van der Waals surface area (Å²) in [7, 11) is -3.50. The zero-order chi connectivity index (χ0) is 21.7. The highest BCUT2D eigenvalue weighted by Gasteiger charge is 2.30. The average Bonchev–Trinajstić information content (AvgIpc) is 2.74. The summed E-state index contributed by atoms with van der Waals surface area (Å²) < 4.78 is 27.9. The second kappa shape index (κ2) is 10.2. The predicted octanol–water partition coefficient (Wildman–Crippen LogP) is 3.07. The summed E-state index contributed by atoms with van der Waals surface area (Å²) in [5.74, 6) is 1.09. The van der Waals surface area contributed by atoms with Gasteiger partial charge < -0.3 is 5.32 Å². The monoisotopic (exact) mass is 435 g/mol. The standard InChI is InChI=1S/C23H37N3O3S/c1-17-6-10-21(11-7-17)25-23(27)19(3)26-14-4-5-20(16-26)15-24-30(28,29)22-12-8-18(2)9-13-22/h8-9,12-13,17,19-21,24H,4-7,10-11,14-16H2,1-3H3,(H,25,27). The Morgan fingerprint density at radius 1 is 1.13 bits per heavy atom. The van der Waals surface area contributed by atoms with E-state index in [9.17, 15) is 13.2 Å². The number of sulfonamides is 1. The third-order valence-corrected chi connectivity index (χ3v) is 8.17. The number of aryl methyl sites for hydroxylation is 1. The zero-order valence-corrected chi connectivity index (χ0v) is 19.4. The quantitative estimate of drug-likeness (QED) is 0.690. The van der Waals surface area contributed by atoms with Crippen LogP contribution in [0.15, 0.2) is 29.2 Å². The third kappa shape index (κ3) is 6.28. The largest absolute Gasteiger partial charge is 0.352 e. The molecule has 2 atom stereocenters. The van der Waals surface area contributed by atoms with Crippen LogP contribution in [0.4, 0.5) is 0 Å². The Morgan fingerprint density at radius 2 is 1.80 bits per heavy atom. The number of rotatable bonds is 7. The molecule has 1 saturated carbocycles. The van der Waals surface area contributed by atoms with Gasteiger partial charge in [0.05, 0.1) is 10.9 Å². The predicted molar refractivity (Wildman–Crippen MR) is 120 cm³/mol. The maximum absolute atomic E-state index is 12.8. The molecule has 6 nitrogen and oxygen atoms in total. The van der Waals surface area contributed by atoms with Crippen LogP contribution in [-0.4, -0.2) is 50.9 Å². The molecule has 1 amide bonds. The molecule has 2 N–H and O–H groups in total. The Kier molecular flexibility index (Phi) is 7.93. The van der Waals surface area contributed by atoms with Gasteiger partial charge in [-0.15, -0.1) is 0 Å². The number of nitrogens with zero attached hydrogens (tertiary/aromatic N) is 1. The lowest BCUT2D eigenvalue weighted by Crippen LogP contribution is -2.52. The molecule has 0 aromatic heterocycles. The summed E-state index contributed by atoms with van der Waals surface area (Å²) in [5, 5.41) is 3.24. The van der Waals surface area contributed by atoms with Gasteiger partial charge in [0.25, 0.3) is 0 Å². The Labute approximate surface area is 181 Å². The van der Waals surface area contributed by atoms with Crippen molar-refractivity contribution in [2.24, 2.45) is 11.8 Å². The lowest BCUT2D eigenvalue weighted by Gasteiger charge is -2.37. The SMILES string of the molecule is Cc1ccc(S(=O)(=O)NCC2CCCN(C(C)C(=O)NC3CCC(C)CC3)C2)cc1. The average molecular weight is 436 g/mol. The number of carbonyl (C=O) groups excluding carboxylic acids is 1. The first-order valence-corrected chi connectivity index (χ1v) is 12.8. The third-order valence-electron chi connectivity index (χ3n) is 6.73. The van der Waals surface area contributed by atoms with Gasteiger partial charge in [0.1, 0.15) is 0 Å². The van der Waals surface area contributed by atoms with E-state index in [-0.39, 0.29) is 17.9 Å². The molecule has 3 rings (SSSR count). The van der Waals surface area contributed by atoms with Crippen molar-refractivity contribution in [2.75, 3.05) is 19.6 Å². The molecule has 1 aromatic carbocycles. The van der Waals surface area contributed by atoms with Gasteiger partial charge in [-0.2, -0.15) is 0 Å². The van der Waals surface area contributed by atoms with Gasteiger partial charge >= 0.3 is 0 Å². The first-order valence-electron chi connectivity index (χ1n) is 11.4. The number of likely N-dealkylation sites (tertiary alicyclic amines) is 1. The van der Waals surface area contributed by atoms with Crippen molar-refractivity contribution in [3.8, 4) is 0 Å². The highest BCUT2D eigenvalue weighted by molar-refractivity contribution is 7.89. The Hall–Kier alpha value is -1.44. The molecule has 30 heavy (non-hydrogen) atoms. The fraction of sp³-hybridized carbons (Fsp3) is 0.696. The van der Waals surface area contributed by atoms with E-state index in [2.05, 4.69) is 21.9 Å². The lowest BCUT2D eigenvalue weighted by molar-refractivity contribution is -0.127. The van der Waals surface area contributed by atoms with Gasteiger partial charge in [-0.05, 0) is 82.9 Å². The molecular formula is C23H37N3O3S. The Morgan fingerprint density at radius 3 is 2.47 bits per heavy atom. The van der Waals surface area contributed by atoms with Crippen molar-refractivity contribution in [3.05, 3.63) is 29.8 Å². The van der Waals surface area contributed by atoms with Crippen LogP contribution < -0.4 is 10.0 Å². The van der Waals surface area contributed by atoms with Gasteiger partial charge in [0.2, 0.25) is 15.9 Å². The molecule has 1 aromatic rings. The van der Waals surface area contributed by atoms with Crippen LogP contribution in [0.3, 0.4) is 0 Å². The van der Waals surface area contributed by atoms with Crippen molar-refractivity contribution in [1.29, 1.82) is 0 Å². The fourth-order valence-electron chi connectivity index (χ4n) is 4.54. The molecule has 2 unspecified atom stereocenters. The summed E-state index contributed by atoms with van der Waals surface area (Å²) >= 11 is 0. The highest BCUT2D eigenvalue weighted by Crippen LogP contribution is 2.24. The molecule has 1 aliphatic carbocycles. The lowest BCUT2D eigenvalue weighted by atomic mass is 9.87. The topological polar surface area (TPSA) is 78.5 Å². The van der Waals surface area contributed by atoms with Gasteiger partial charge in [0.15, 0.2) is 0 Å². The molecule has 2 aliphatic rings. The minimum Gasteiger partial charge on any atom is -0.352 e. The van der Waals surface area contributed by atoms with E-state index < -0.39 is 10.0 Å². The first-order chi connectivity index (χ1) is 14.2. The van der Waals surface area contributed by atoms with Gasteiger partial charge in [-0.3, -0.25) is 9.69 Å². The Bertz CT molecular complexity index is 801. The summed E-state index contributed by atoms with van der Waals surface area (Å²) in [6.45, 7) is 8.22. The zero-order valence-electron chi connectivity index (χ0n) is 18.6. The second-order valence-corrected chi connectivity index (χ2v) is 11.1. The summed E-state index contributed by atoms with van der Waals surface area (Å²) in [5.41, 5.74) is 1.03. The number of hydrogen-bond acceptors (Lipinski definition) is 4. The van der Waals surface area contributed by atoms with Crippen LogP contribution in [0.25, 0.3) is 0 Å².